The van der Waals surface area contributed by atoms with E-state index in [4.69, 9.17) is 4.74 Å². The Labute approximate surface area is 140 Å². The summed E-state index contributed by atoms with van der Waals surface area (Å²) in [5, 5.41) is 6.63. The monoisotopic (exact) mass is 399 g/mol. The van der Waals surface area contributed by atoms with Crippen molar-refractivity contribution in [2.75, 3.05) is 67.1 Å². The van der Waals surface area contributed by atoms with Crippen LogP contribution in [-0.4, -0.2) is 88.9 Å². The number of ether oxygens (including phenoxy) is 1. The van der Waals surface area contributed by atoms with Crippen molar-refractivity contribution in [2.24, 2.45) is 4.99 Å². The maximum absolute atomic E-state index is 5.29. The summed E-state index contributed by atoms with van der Waals surface area (Å²) in [7, 11) is 6.16. The Balaban J connectivity index is 0.00000361. The van der Waals surface area contributed by atoms with E-state index in [1.165, 1.54) is 0 Å². The van der Waals surface area contributed by atoms with Gasteiger partial charge in [-0.15, -0.1) is 24.0 Å². The minimum Gasteiger partial charge on any atom is -0.380 e. The number of halogens is 1. The molecule has 0 aliphatic carbocycles. The Hall–Kier alpha value is -0.120. The van der Waals surface area contributed by atoms with Crippen LogP contribution in [0.3, 0.4) is 0 Å². The third-order valence-electron chi connectivity index (χ3n) is 3.45. The zero-order valence-electron chi connectivity index (χ0n) is 13.2. The van der Waals surface area contributed by atoms with E-state index in [0.717, 1.165) is 45.3 Å². The molecule has 120 valence electrons. The summed E-state index contributed by atoms with van der Waals surface area (Å²) in [6.45, 7) is 8.54. The number of likely N-dealkylation sites (N-methyl/N-ethyl adjacent to an activating group) is 2. The molecule has 7 heteroatoms. The topological polar surface area (TPSA) is 52.1 Å². The highest BCUT2D eigenvalue weighted by molar-refractivity contribution is 14.0. The average molecular weight is 399 g/mol. The summed E-state index contributed by atoms with van der Waals surface area (Å²) in [6.07, 6.45) is 0. The summed E-state index contributed by atoms with van der Waals surface area (Å²) >= 11 is 0. The van der Waals surface area contributed by atoms with Crippen LogP contribution in [0.1, 0.15) is 6.92 Å². The lowest BCUT2D eigenvalue weighted by molar-refractivity contribution is 0.116. The minimum absolute atomic E-state index is 0. The van der Waals surface area contributed by atoms with Gasteiger partial charge in [0.15, 0.2) is 5.96 Å². The smallest absolute Gasteiger partial charge is 0.191 e. The largest absolute Gasteiger partial charge is 0.380 e. The number of nitrogens with zero attached hydrogens (tertiary/aromatic N) is 3. The maximum Gasteiger partial charge on any atom is 0.191 e. The Morgan fingerprint density at radius 3 is 2.70 bits per heavy atom. The van der Waals surface area contributed by atoms with Crippen LogP contribution in [0.2, 0.25) is 0 Å². The average Bonchev–Trinajstić information content (AvgIpc) is 2.41. The van der Waals surface area contributed by atoms with Crippen LogP contribution in [0.4, 0.5) is 0 Å². The lowest BCUT2D eigenvalue weighted by atomic mass is 10.2. The SMILES string of the molecule is CCOCCNC(=NC)NCC1CN(C)CCN1C.I. The second-order valence-electron chi connectivity index (χ2n) is 4.97. The van der Waals surface area contributed by atoms with Gasteiger partial charge in [-0.25, -0.2) is 0 Å². The predicted octanol–water partition coefficient (Wildman–Crippen LogP) is 0.0517. The first-order chi connectivity index (χ1) is 9.17. The van der Waals surface area contributed by atoms with Gasteiger partial charge in [0, 0.05) is 52.4 Å². The predicted molar refractivity (Wildman–Crippen MR) is 95.2 cm³/mol. The fourth-order valence-corrected chi connectivity index (χ4v) is 2.14. The molecule has 1 fully saturated rings. The van der Waals surface area contributed by atoms with Crippen molar-refractivity contribution in [3.63, 3.8) is 0 Å². The van der Waals surface area contributed by atoms with Crippen molar-refractivity contribution < 1.29 is 4.74 Å². The van der Waals surface area contributed by atoms with E-state index in [1.807, 2.05) is 6.92 Å². The highest BCUT2D eigenvalue weighted by atomic mass is 127. The zero-order valence-corrected chi connectivity index (χ0v) is 15.5. The third-order valence-corrected chi connectivity index (χ3v) is 3.45. The first kappa shape index (κ1) is 19.9. The summed E-state index contributed by atoms with van der Waals surface area (Å²) in [4.78, 5) is 9.00. The lowest BCUT2D eigenvalue weighted by Gasteiger charge is -2.37. The van der Waals surface area contributed by atoms with Gasteiger partial charge in [-0.05, 0) is 21.0 Å². The second kappa shape index (κ2) is 11.5. The molecule has 20 heavy (non-hydrogen) atoms. The number of piperazine rings is 1. The number of aliphatic imine (C=N–C) groups is 1. The van der Waals surface area contributed by atoms with Crippen LogP contribution in [0.25, 0.3) is 0 Å². The Morgan fingerprint density at radius 1 is 1.30 bits per heavy atom. The van der Waals surface area contributed by atoms with Gasteiger partial charge in [0.05, 0.1) is 6.61 Å². The quantitative estimate of drug-likeness (QED) is 0.286. The molecule has 0 saturated carbocycles. The molecule has 1 aliphatic rings. The van der Waals surface area contributed by atoms with Gasteiger partial charge in [-0.1, -0.05) is 0 Å². The minimum atomic E-state index is 0. The first-order valence-electron chi connectivity index (χ1n) is 7.08. The molecule has 1 saturated heterocycles. The van der Waals surface area contributed by atoms with E-state index in [0.29, 0.717) is 12.6 Å². The number of nitrogens with one attached hydrogen (secondary N) is 2. The van der Waals surface area contributed by atoms with E-state index in [9.17, 15) is 0 Å². The Morgan fingerprint density at radius 2 is 2.05 bits per heavy atom. The number of guanidine groups is 1. The number of hydrogen-bond donors (Lipinski definition) is 2. The summed E-state index contributed by atoms with van der Waals surface area (Å²) < 4.78 is 5.29. The fraction of sp³-hybridized carbons (Fsp3) is 0.923. The van der Waals surface area contributed by atoms with E-state index in [2.05, 4.69) is 39.5 Å². The Kier molecular flexibility index (Phi) is 11.5. The van der Waals surface area contributed by atoms with Crippen molar-refractivity contribution >= 4 is 29.9 Å². The molecule has 0 aromatic rings. The molecule has 1 unspecified atom stereocenters. The van der Waals surface area contributed by atoms with Gasteiger partial charge in [0.2, 0.25) is 0 Å². The highest BCUT2D eigenvalue weighted by Gasteiger charge is 2.21. The molecular weight excluding hydrogens is 369 g/mol. The first-order valence-corrected chi connectivity index (χ1v) is 7.08. The molecule has 1 aliphatic heterocycles. The maximum atomic E-state index is 5.29. The Bertz CT molecular complexity index is 277. The van der Waals surface area contributed by atoms with E-state index in [1.54, 1.807) is 7.05 Å². The highest BCUT2D eigenvalue weighted by Crippen LogP contribution is 2.04. The fourth-order valence-electron chi connectivity index (χ4n) is 2.14. The molecule has 6 nitrogen and oxygen atoms in total. The van der Waals surface area contributed by atoms with Crippen molar-refractivity contribution in [1.82, 2.24) is 20.4 Å². The van der Waals surface area contributed by atoms with Crippen molar-refractivity contribution in [3.8, 4) is 0 Å². The molecule has 1 heterocycles. The summed E-state index contributed by atoms with van der Waals surface area (Å²) in [5.41, 5.74) is 0. The van der Waals surface area contributed by atoms with E-state index in [-0.39, 0.29) is 24.0 Å². The molecule has 0 aromatic carbocycles. The molecule has 1 atom stereocenters. The molecular formula is C13H30IN5O. The summed E-state index contributed by atoms with van der Waals surface area (Å²) in [6, 6.07) is 0.532. The van der Waals surface area contributed by atoms with Gasteiger partial charge in [-0.3, -0.25) is 9.89 Å². The molecule has 0 aromatic heterocycles. The van der Waals surface area contributed by atoms with Crippen LogP contribution in [-0.2, 0) is 4.74 Å². The molecule has 0 bridgehead atoms. The van der Waals surface area contributed by atoms with Crippen molar-refractivity contribution in [2.45, 2.75) is 13.0 Å². The zero-order chi connectivity index (χ0) is 14.1. The molecule has 2 N–H and O–H groups in total. The van der Waals surface area contributed by atoms with Crippen molar-refractivity contribution in [3.05, 3.63) is 0 Å². The lowest BCUT2D eigenvalue weighted by Crippen LogP contribution is -2.55. The van der Waals surface area contributed by atoms with Crippen LogP contribution >= 0.6 is 24.0 Å². The summed E-state index contributed by atoms with van der Waals surface area (Å²) in [5.74, 6) is 0.848. The molecule has 0 spiro atoms. The second-order valence-corrected chi connectivity index (χ2v) is 4.97. The third kappa shape index (κ3) is 7.61. The van der Waals surface area contributed by atoms with Crippen LogP contribution in [0, 0.1) is 0 Å². The van der Waals surface area contributed by atoms with Crippen LogP contribution < -0.4 is 10.6 Å². The van der Waals surface area contributed by atoms with Crippen LogP contribution in [0.5, 0.6) is 0 Å². The molecule has 0 radical (unpaired) electrons. The normalized spacial score (nSPS) is 21.4. The van der Waals surface area contributed by atoms with Gasteiger partial charge in [0.1, 0.15) is 0 Å². The van der Waals surface area contributed by atoms with E-state index < -0.39 is 0 Å². The van der Waals surface area contributed by atoms with Crippen LogP contribution in [0.15, 0.2) is 4.99 Å². The van der Waals surface area contributed by atoms with Gasteiger partial charge >= 0.3 is 0 Å². The van der Waals surface area contributed by atoms with Gasteiger partial charge in [0.25, 0.3) is 0 Å². The van der Waals surface area contributed by atoms with Crippen molar-refractivity contribution in [1.29, 1.82) is 0 Å². The standard InChI is InChI=1S/C13H29N5O.HI/c1-5-19-9-6-15-13(14-2)16-10-12-11-17(3)7-8-18(12)4;/h12H,5-11H2,1-4H3,(H2,14,15,16);1H. The molecule has 1 rings (SSSR count). The van der Waals surface area contributed by atoms with Gasteiger partial charge in [-0.2, -0.15) is 0 Å². The molecule has 0 amide bonds. The number of rotatable bonds is 6. The van der Waals surface area contributed by atoms with Gasteiger partial charge < -0.3 is 20.3 Å². The number of hydrogen-bond acceptors (Lipinski definition) is 4. The van der Waals surface area contributed by atoms with E-state index >= 15 is 0 Å².